The van der Waals surface area contributed by atoms with Crippen molar-refractivity contribution >= 4 is 40.8 Å². The lowest BCUT2D eigenvalue weighted by Gasteiger charge is -2.15. The zero-order valence-corrected chi connectivity index (χ0v) is 15.2. The Bertz CT molecular complexity index is 779. The number of ether oxygens (including phenoxy) is 2. The summed E-state index contributed by atoms with van der Waals surface area (Å²) in [6.45, 7) is 1.48. The largest absolute Gasteiger partial charge is 0.495 e. The molecule has 25 heavy (non-hydrogen) atoms. The number of esters is 1. The van der Waals surface area contributed by atoms with Crippen LogP contribution in [-0.4, -0.2) is 25.1 Å². The summed E-state index contributed by atoms with van der Waals surface area (Å²) < 4.78 is 10.3. The van der Waals surface area contributed by atoms with E-state index in [0.717, 1.165) is 0 Å². The first-order chi connectivity index (χ1) is 11.9. The van der Waals surface area contributed by atoms with Crippen molar-refractivity contribution in [1.82, 2.24) is 0 Å². The van der Waals surface area contributed by atoms with E-state index >= 15 is 0 Å². The van der Waals surface area contributed by atoms with Crippen molar-refractivity contribution in [2.45, 2.75) is 19.4 Å². The van der Waals surface area contributed by atoms with Crippen LogP contribution in [0.25, 0.3) is 0 Å². The molecule has 0 spiro atoms. The Morgan fingerprint density at radius 2 is 1.88 bits per heavy atom. The fraction of sp³-hybridized carbons (Fsp3) is 0.222. The van der Waals surface area contributed by atoms with Crippen LogP contribution in [0.4, 0.5) is 5.69 Å². The number of amides is 1. The van der Waals surface area contributed by atoms with E-state index in [1.165, 1.54) is 14.0 Å². The Morgan fingerprint density at radius 3 is 2.56 bits per heavy atom. The van der Waals surface area contributed by atoms with Crippen molar-refractivity contribution in [2.75, 3.05) is 12.4 Å². The van der Waals surface area contributed by atoms with E-state index < -0.39 is 18.0 Å². The zero-order valence-electron chi connectivity index (χ0n) is 13.7. The van der Waals surface area contributed by atoms with Gasteiger partial charge in [0.1, 0.15) is 5.75 Å². The third kappa shape index (κ3) is 5.37. The third-order valence-corrected chi connectivity index (χ3v) is 3.99. The minimum atomic E-state index is -0.987. The number of hydrogen-bond acceptors (Lipinski definition) is 4. The predicted octanol–water partition coefficient (Wildman–Crippen LogP) is 4.11. The van der Waals surface area contributed by atoms with Gasteiger partial charge in [0.2, 0.25) is 0 Å². The maximum Gasteiger partial charge on any atom is 0.311 e. The highest BCUT2D eigenvalue weighted by atomic mass is 35.5. The zero-order chi connectivity index (χ0) is 18.4. The number of carbonyl (C=O) groups excluding carboxylic acids is 2. The molecular formula is C18H17Cl2NO4. The summed E-state index contributed by atoms with van der Waals surface area (Å²) in [7, 11) is 1.48. The second-order valence-electron chi connectivity index (χ2n) is 5.23. The summed E-state index contributed by atoms with van der Waals surface area (Å²) in [6.07, 6.45) is -1.00. The van der Waals surface area contributed by atoms with Gasteiger partial charge in [-0.2, -0.15) is 0 Å². The quantitative estimate of drug-likeness (QED) is 0.764. The van der Waals surface area contributed by atoms with Crippen LogP contribution in [0, 0.1) is 0 Å². The van der Waals surface area contributed by atoms with Gasteiger partial charge in [-0.05, 0) is 36.8 Å². The summed E-state index contributed by atoms with van der Waals surface area (Å²) in [4.78, 5) is 24.2. The molecule has 132 valence electrons. The van der Waals surface area contributed by atoms with Crippen LogP contribution in [0.5, 0.6) is 5.75 Å². The number of hydrogen-bond donors (Lipinski definition) is 1. The molecule has 0 saturated carbocycles. The van der Waals surface area contributed by atoms with Gasteiger partial charge in [-0.15, -0.1) is 0 Å². The fourth-order valence-electron chi connectivity index (χ4n) is 2.10. The first-order valence-corrected chi connectivity index (χ1v) is 8.23. The second-order valence-corrected chi connectivity index (χ2v) is 6.08. The van der Waals surface area contributed by atoms with E-state index in [1.807, 2.05) is 0 Å². The van der Waals surface area contributed by atoms with Crippen LogP contribution in [-0.2, 0) is 20.7 Å². The van der Waals surface area contributed by atoms with E-state index in [4.69, 9.17) is 32.7 Å². The number of halogens is 2. The molecule has 0 aliphatic rings. The highest BCUT2D eigenvalue weighted by Crippen LogP contribution is 2.27. The monoisotopic (exact) mass is 381 g/mol. The van der Waals surface area contributed by atoms with Gasteiger partial charge in [0.05, 0.1) is 19.2 Å². The summed E-state index contributed by atoms with van der Waals surface area (Å²) >= 11 is 11.9. The molecule has 0 aromatic heterocycles. The molecule has 2 aromatic carbocycles. The molecule has 0 heterocycles. The van der Waals surface area contributed by atoms with Gasteiger partial charge in [0, 0.05) is 10.0 Å². The van der Waals surface area contributed by atoms with Crippen LogP contribution in [0.3, 0.4) is 0 Å². The van der Waals surface area contributed by atoms with E-state index in [0.29, 0.717) is 27.0 Å². The van der Waals surface area contributed by atoms with Crippen LogP contribution in [0.15, 0.2) is 42.5 Å². The lowest BCUT2D eigenvalue weighted by Crippen LogP contribution is -2.30. The standard InChI is InChI=1S/C18H17Cl2NO4/c1-11(25-17(22)9-12-5-3-4-6-14(12)20)18(23)21-15-10-13(19)7-8-16(15)24-2/h3-8,10-11H,9H2,1-2H3,(H,21,23). The molecule has 1 amide bonds. The van der Waals surface area contributed by atoms with E-state index in [-0.39, 0.29) is 6.42 Å². The summed E-state index contributed by atoms with van der Waals surface area (Å²) in [5.41, 5.74) is 1.03. The third-order valence-electron chi connectivity index (χ3n) is 3.39. The number of anilines is 1. The van der Waals surface area contributed by atoms with Crippen molar-refractivity contribution in [3.8, 4) is 5.75 Å². The number of carbonyl (C=O) groups is 2. The van der Waals surface area contributed by atoms with Crippen molar-refractivity contribution in [3.05, 3.63) is 58.1 Å². The Labute approximate surface area is 155 Å². The molecule has 1 unspecified atom stereocenters. The minimum absolute atomic E-state index is 0.0161. The van der Waals surface area contributed by atoms with Crippen molar-refractivity contribution < 1.29 is 19.1 Å². The lowest BCUT2D eigenvalue weighted by molar-refractivity contribution is -0.152. The fourth-order valence-corrected chi connectivity index (χ4v) is 2.48. The van der Waals surface area contributed by atoms with Gasteiger partial charge in [0.15, 0.2) is 6.10 Å². The van der Waals surface area contributed by atoms with Gasteiger partial charge in [-0.3, -0.25) is 9.59 Å². The number of methoxy groups -OCH3 is 1. The van der Waals surface area contributed by atoms with E-state index in [2.05, 4.69) is 5.32 Å². The number of nitrogens with one attached hydrogen (secondary N) is 1. The van der Waals surface area contributed by atoms with Crippen LogP contribution < -0.4 is 10.1 Å². The molecule has 0 saturated heterocycles. The van der Waals surface area contributed by atoms with Gasteiger partial charge < -0.3 is 14.8 Å². The van der Waals surface area contributed by atoms with Crippen LogP contribution in [0.1, 0.15) is 12.5 Å². The van der Waals surface area contributed by atoms with Gasteiger partial charge in [-0.1, -0.05) is 41.4 Å². The maximum atomic E-state index is 12.2. The van der Waals surface area contributed by atoms with Crippen molar-refractivity contribution in [2.24, 2.45) is 0 Å². The molecule has 5 nitrogen and oxygen atoms in total. The molecule has 0 radical (unpaired) electrons. The van der Waals surface area contributed by atoms with Crippen molar-refractivity contribution in [3.63, 3.8) is 0 Å². The molecule has 1 N–H and O–H groups in total. The summed E-state index contributed by atoms with van der Waals surface area (Å²) in [5.74, 6) is -0.589. The average Bonchev–Trinajstić information content (AvgIpc) is 2.57. The molecule has 0 bridgehead atoms. The number of rotatable bonds is 6. The average molecular weight is 382 g/mol. The first-order valence-electron chi connectivity index (χ1n) is 7.48. The Balaban J connectivity index is 1.97. The molecule has 1 atom stereocenters. The minimum Gasteiger partial charge on any atom is -0.495 e. The SMILES string of the molecule is COc1ccc(Cl)cc1NC(=O)C(C)OC(=O)Cc1ccccc1Cl. The van der Waals surface area contributed by atoms with Gasteiger partial charge >= 0.3 is 5.97 Å². The Kier molecular flexibility index (Phi) is 6.67. The predicted molar refractivity (Wildman–Crippen MR) is 97.3 cm³/mol. The first kappa shape index (κ1) is 19.1. The smallest absolute Gasteiger partial charge is 0.311 e. The Hall–Kier alpha value is -2.24. The van der Waals surface area contributed by atoms with Crippen molar-refractivity contribution in [1.29, 1.82) is 0 Å². The second kappa shape index (κ2) is 8.74. The van der Waals surface area contributed by atoms with E-state index in [1.54, 1.807) is 42.5 Å². The normalized spacial score (nSPS) is 11.5. The highest BCUT2D eigenvalue weighted by Gasteiger charge is 2.20. The van der Waals surface area contributed by atoms with Crippen LogP contribution in [0.2, 0.25) is 10.0 Å². The highest BCUT2D eigenvalue weighted by molar-refractivity contribution is 6.31. The Morgan fingerprint density at radius 1 is 1.16 bits per heavy atom. The summed E-state index contributed by atoms with van der Waals surface area (Å²) in [5, 5.41) is 3.55. The van der Waals surface area contributed by atoms with Crippen LogP contribution >= 0.6 is 23.2 Å². The molecule has 7 heteroatoms. The molecule has 0 aliphatic carbocycles. The number of benzene rings is 2. The molecule has 2 rings (SSSR count). The molecule has 0 aliphatic heterocycles. The van der Waals surface area contributed by atoms with Gasteiger partial charge in [0.25, 0.3) is 5.91 Å². The van der Waals surface area contributed by atoms with Gasteiger partial charge in [-0.25, -0.2) is 0 Å². The lowest BCUT2D eigenvalue weighted by atomic mass is 10.1. The van der Waals surface area contributed by atoms with E-state index in [9.17, 15) is 9.59 Å². The molecular weight excluding hydrogens is 365 g/mol. The maximum absolute atomic E-state index is 12.2. The summed E-state index contributed by atoms with van der Waals surface area (Å²) in [6, 6.07) is 11.8. The topological polar surface area (TPSA) is 64.6 Å². The molecule has 2 aromatic rings. The molecule has 0 fully saturated rings.